The normalized spacial score (nSPS) is 22.5. The van der Waals surface area contributed by atoms with Gasteiger partial charge in [-0.05, 0) is 43.2 Å². The lowest BCUT2D eigenvalue weighted by Gasteiger charge is -2.36. The van der Waals surface area contributed by atoms with Crippen molar-refractivity contribution in [1.29, 1.82) is 0 Å². The number of hydrogen-bond donors (Lipinski definition) is 1. The van der Waals surface area contributed by atoms with Gasteiger partial charge in [-0.2, -0.15) is 0 Å². The SMILES string of the molecule is O=C1c2ccccc2C(O)(C2=CCCC=C2)N1c1ccc(F)cc1. The molecule has 0 saturated carbocycles. The van der Waals surface area contributed by atoms with E-state index in [0.717, 1.165) is 12.8 Å². The Kier molecular flexibility index (Phi) is 3.36. The molecule has 0 saturated heterocycles. The Hall–Kier alpha value is -2.72. The largest absolute Gasteiger partial charge is 0.363 e. The van der Waals surface area contributed by atoms with Crippen molar-refractivity contribution in [3.63, 3.8) is 0 Å². The van der Waals surface area contributed by atoms with Gasteiger partial charge in [-0.15, -0.1) is 0 Å². The Balaban J connectivity index is 1.94. The van der Waals surface area contributed by atoms with Gasteiger partial charge in [0.1, 0.15) is 5.82 Å². The second-order valence-corrected chi connectivity index (χ2v) is 5.97. The summed E-state index contributed by atoms with van der Waals surface area (Å²) in [5.41, 5.74) is 0.556. The van der Waals surface area contributed by atoms with Crippen LogP contribution in [0, 0.1) is 5.82 Å². The third kappa shape index (κ3) is 2.03. The van der Waals surface area contributed by atoms with Gasteiger partial charge in [0.15, 0.2) is 5.72 Å². The van der Waals surface area contributed by atoms with E-state index in [9.17, 15) is 14.3 Å². The van der Waals surface area contributed by atoms with Crippen molar-refractivity contribution in [1.82, 2.24) is 0 Å². The lowest BCUT2D eigenvalue weighted by molar-refractivity contribution is 0.0695. The number of benzene rings is 2. The smallest absolute Gasteiger partial charge is 0.261 e. The summed E-state index contributed by atoms with van der Waals surface area (Å²) in [5, 5.41) is 11.6. The summed E-state index contributed by atoms with van der Waals surface area (Å²) in [6, 6.07) is 12.6. The first-order chi connectivity index (χ1) is 11.6. The van der Waals surface area contributed by atoms with Crippen LogP contribution in [0.1, 0.15) is 28.8 Å². The number of carbonyl (C=O) groups excluding carboxylic acids is 1. The van der Waals surface area contributed by atoms with Crippen molar-refractivity contribution < 1.29 is 14.3 Å². The molecule has 24 heavy (non-hydrogen) atoms. The molecule has 2 aromatic rings. The second kappa shape index (κ2) is 5.42. The zero-order valence-corrected chi connectivity index (χ0v) is 12.9. The van der Waals surface area contributed by atoms with Gasteiger partial charge >= 0.3 is 0 Å². The number of halogens is 1. The molecule has 3 nitrogen and oxygen atoms in total. The molecule has 0 bridgehead atoms. The fourth-order valence-corrected chi connectivity index (χ4v) is 3.41. The highest BCUT2D eigenvalue weighted by Gasteiger charge is 2.51. The summed E-state index contributed by atoms with van der Waals surface area (Å²) >= 11 is 0. The Bertz CT molecular complexity index is 869. The predicted molar refractivity (Wildman–Crippen MR) is 90.0 cm³/mol. The highest BCUT2D eigenvalue weighted by atomic mass is 19.1. The fraction of sp³-hybridized carbons (Fsp3) is 0.150. The molecule has 0 radical (unpaired) electrons. The van der Waals surface area contributed by atoms with Crippen LogP contribution in [0.15, 0.2) is 72.3 Å². The number of hydrogen-bond acceptors (Lipinski definition) is 2. The Morgan fingerprint density at radius 3 is 2.50 bits per heavy atom. The van der Waals surface area contributed by atoms with Crippen molar-refractivity contribution in [3.05, 3.63) is 89.3 Å². The van der Waals surface area contributed by atoms with Gasteiger partial charge < -0.3 is 5.11 Å². The topological polar surface area (TPSA) is 40.5 Å². The minimum Gasteiger partial charge on any atom is -0.363 e. The summed E-state index contributed by atoms with van der Waals surface area (Å²) in [6.07, 6.45) is 7.51. The molecule has 1 heterocycles. The molecule has 1 N–H and O–H groups in total. The molecular weight excluding hydrogens is 305 g/mol. The van der Waals surface area contributed by atoms with E-state index in [-0.39, 0.29) is 11.7 Å². The van der Waals surface area contributed by atoms with E-state index in [2.05, 4.69) is 0 Å². The quantitative estimate of drug-likeness (QED) is 0.911. The van der Waals surface area contributed by atoms with Crippen LogP contribution in [0.3, 0.4) is 0 Å². The molecule has 1 atom stereocenters. The molecular formula is C20H16FNO2. The first kappa shape index (κ1) is 14.8. The van der Waals surface area contributed by atoms with Crippen LogP contribution in [-0.4, -0.2) is 11.0 Å². The van der Waals surface area contributed by atoms with Gasteiger partial charge in [-0.25, -0.2) is 4.39 Å². The third-order valence-electron chi connectivity index (χ3n) is 4.54. The number of fused-ring (bicyclic) bond motifs is 1. The highest BCUT2D eigenvalue weighted by molar-refractivity contribution is 6.12. The molecule has 0 spiro atoms. The maximum Gasteiger partial charge on any atom is 0.261 e. The molecule has 2 aliphatic rings. The van der Waals surface area contributed by atoms with Gasteiger partial charge in [-0.1, -0.05) is 36.4 Å². The molecule has 0 aromatic heterocycles. The molecule has 120 valence electrons. The number of allylic oxidation sites excluding steroid dienone is 2. The number of aliphatic hydroxyl groups is 1. The number of rotatable bonds is 2. The van der Waals surface area contributed by atoms with Gasteiger partial charge in [0, 0.05) is 22.4 Å². The third-order valence-corrected chi connectivity index (χ3v) is 4.54. The Morgan fingerprint density at radius 2 is 1.79 bits per heavy atom. The number of anilines is 1. The zero-order valence-electron chi connectivity index (χ0n) is 12.9. The van der Waals surface area contributed by atoms with E-state index >= 15 is 0 Å². The van der Waals surface area contributed by atoms with E-state index < -0.39 is 5.72 Å². The molecule has 0 fully saturated rings. The predicted octanol–water partition coefficient (Wildman–Crippen LogP) is 3.91. The fourth-order valence-electron chi connectivity index (χ4n) is 3.41. The van der Waals surface area contributed by atoms with E-state index in [1.54, 1.807) is 24.3 Å². The van der Waals surface area contributed by atoms with Gasteiger partial charge in [0.25, 0.3) is 5.91 Å². The van der Waals surface area contributed by atoms with Crippen LogP contribution >= 0.6 is 0 Å². The van der Waals surface area contributed by atoms with Crippen LogP contribution in [-0.2, 0) is 5.72 Å². The summed E-state index contributed by atoms with van der Waals surface area (Å²) < 4.78 is 13.3. The average molecular weight is 321 g/mol. The molecule has 1 amide bonds. The molecule has 4 rings (SSSR count). The summed E-state index contributed by atoms with van der Waals surface area (Å²) in [5.74, 6) is -0.678. The van der Waals surface area contributed by atoms with Crippen molar-refractivity contribution in [2.45, 2.75) is 18.6 Å². The van der Waals surface area contributed by atoms with Crippen LogP contribution in [0.2, 0.25) is 0 Å². The van der Waals surface area contributed by atoms with Crippen LogP contribution in [0.5, 0.6) is 0 Å². The second-order valence-electron chi connectivity index (χ2n) is 5.97. The van der Waals surface area contributed by atoms with E-state index in [1.165, 1.54) is 29.2 Å². The number of amides is 1. The molecule has 1 unspecified atom stereocenters. The van der Waals surface area contributed by atoms with Crippen molar-refractivity contribution in [2.24, 2.45) is 0 Å². The number of carbonyl (C=O) groups is 1. The molecule has 1 aliphatic heterocycles. The minimum absolute atomic E-state index is 0.292. The average Bonchev–Trinajstić information content (AvgIpc) is 2.86. The van der Waals surface area contributed by atoms with Crippen LogP contribution in [0.4, 0.5) is 10.1 Å². The first-order valence-corrected chi connectivity index (χ1v) is 7.91. The van der Waals surface area contributed by atoms with Crippen LogP contribution < -0.4 is 4.90 Å². The van der Waals surface area contributed by atoms with Crippen molar-refractivity contribution in [2.75, 3.05) is 4.90 Å². The first-order valence-electron chi connectivity index (χ1n) is 7.91. The van der Waals surface area contributed by atoms with Crippen molar-refractivity contribution in [3.8, 4) is 0 Å². The van der Waals surface area contributed by atoms with Gasteiger partial charge in [-0.3, -0.25) is 9.69 Å². The number of nitrogens with zero attached hydrogens (tertiary/aromatic N) is 1. The lowest BCUT2D eigenvalue weighted by atomic mass is 9.90. The monoisotopic (exact) mass is 321 g/mol. The Labute approximate surface area is 139 Å². The zero-order chi connectivity index (χ0) is 16.7. The molecule has 2 aromatic carbocycles. The highest BCUT2D eigenvalue weighted by Crippen LogP contribution is 2.46. The summed E-state index contributed by atoms with van der Waals surface area (Å²) in [4.78, 5) is 14.3. The van der Waals surface area contributed by atoms with E-state index in [4.69, 9.17) is 0 Å². The van der Waals surface area contributed by atoms with E-state index in [1.807, 2.05) is 18.2 Å². The van der Waals surface area contributed by atoms with Gasteiger partial charge in [0.05, 0.1) is 0 Å². The maximum atomic E-state index is 13.3. The van der Waals surface area contributed by atoms with Crippen LogP contribution in [0.25, 0.3) is 0 Å². The minimum atomic E-state index is -1.58. The Morgan fingerprint density at radius 1 is 1.04 bits per heavy atom. The lowest BCUT2D eigenvalue weighted by Crippen LogP contribution is -2.45. The summed E-state index contributed by atoms with van der Waals surface area (Å²) in [7, 11) is 0. The maximum absolute atomic E-state index is 13.3. The van der Waals surface area contributed by atoms with E-state index in [0.29, 0.717) is 22.4 Å². The van der Waals surface area contributed by atoms with Gasteiger partial charge in [0.2, 0.25) is 0 Å². The van der Waals surface area contributed by atoms with Crippen molar-refractivity contribution >= 4 is 11.6 Å². The summed E-state index contributed by atoms with van der Waals surface area (Å²) in [6.45, 7) is 0. The standard InChI is InChI=1S/C20H16FNO2/c21-15-10-12-16(13-11-15)22-19(23)17-8-4-5-9-18(17)20(22,24)14-6-2-1-3-7-14/h2,4-13,24H,1,3H2. The molecule has 4 heteroatoms. The molecule has 1 aliphatic carbocycles.